The summed E-state index contributed by atoms with van der Waals surface area (Å²) < 4.78 is 6.81. The van der Waals surface area contributed by atoms with Crippen molar-refractivity contribution >= 4 is 15.9 Å². The molecule has 0 aromatic heterocycles. The van der Waals surface area contributed by atoms with Gasteiger partial charge in [0, 0.05) is 17.1 Å². The van der Waals surface area contributed by atoms with Gasteiger partial charge in [-0.1, -0.05) is 42.3 Å². The van der Waals surface area contributed by atoms with Crippen LogP contribution in [0.3, 0.4) is 0 Å². The molecule has 1 aromatic carbocycles. The van der Waals surface area contributed by atoms with E-state index in [0.29, 0.717) is 6.04 Å². The minimum Gasteiger partial charge on any atom is -0.492 e. The summed E-state index contributed by atoms with van der Waals surface area (Å²) in [6.07, 6.45) is 4.01. The number of ether oxygens (including phenoxy) is 1. The van der Waals surface area contributed by atoms with Gasteiger partial charge in [0.1, 0.15) is 12.4 Å². The maximum atomic E-state index is 5.74. The molecule has 0 radical (unpaired) electrons. The van der Waals surface area contributed by atoms with Crippen LogP contribution in [0.1, 0.15) is 33.1 Å². The fourth-order valence-corrected chi connectivity index (χ4v) is 3.46. The Kier molecular flexibility index (Phi) is 5.71. The Morgan fingerprint density at radius 1 is 1.37 bits per heavy atom. The van der Waals surface area contributed by atoms with Crippen LogP contribution in [-0.4, -0.2) is 19.2 Å². The minimum absolute atomic E-state index is 0.677. The molecule has 106 valence electrons. The lowest BCUT2D eigenvalue weighted by Crippen LogP contribution is -2.35. The third kappa shape index (κ3) is 4.22. The molecule has 3 unspecified atom stereocenters. The van der Waals surface area contributed by atoms with E-state index in [9.17, 15) is 0 Å². The number of benzene rings is 1. The summed E-state index contributed by atoms with van der Waals surface area (Å²) in [5.74, 6) is 2.64. The average Bonchev–Trinajstić information content (AvgIpc) is 2.76. The third-order valence-electron chi connectivity index (χ3n) is 4.32. The first kappa shape index (κ1) is 14.9. The van der Waals surface area contributed by atoms with E-state index in [-0.39, 0.29) is 0 Å². The van der Waals surface area contributed by atoms with Crippen LogP contribution < -0.4 is 10.1 Å². The Morgan fingerprint density at radius 2 is 2.21 bits per heavy atom. The summed E-state index contributed by atoms with van der Waals surface area (Å²) in [7, 11) is 0. The first-order valence-corrected chi connectivity index (χ1v) is 8.11. The van der Waals surface area contributed by atoms with Crippen molar-refractivity contribution in [2.24, 2.45) is 11.8 Å². The van der Waals surface area contributed by atoms with Crippen molar-refractivity contribution in [1.29, 1.82) is 0 Å². The molecule has 0 spiro atoms. The molecule has 19 heavy (non-hydrogen) atoms. The van der Waals surface area contributed by atoms with Crippen LogP contribution in [-0.2, 0) is 0 Å². The fourth-order valence-electron chi connectivity index (χ4n) is 3.08. The van der Waals surface area contributed by atoms with Gasteiger partial charge in [-0.05, 0) is 42.9 Å². The van der Waals surface area contributed by atoms with Crippen LogP contribution in [0, 0.1) is 11.8 Å². The standard InChI is InChI=1S/C16H24BrNO/c1-3-13-7-8-16(12(13)2)18-9-10-19-15-6-4-5-14(17)11-15/h4-6,11-13,16,18H,3,7-10H2,1-2H3. The van der Waals surface area contributed by atoms with Gasteiger partial charge in [0.05, 0.1) is 0 Å². The summed E-state index contributed by atoms with van der Waals surface area (Å²) >= 11 is 3.45. The van der Waals surface area contributed by atoms with Crippen molar-refractivity contribution in [1.82, 2.24) is 5.32 Å². The molecule has 2 nitrogen and oxygen atoms in total. The summed E-state index contributed by atoms with van der Waals surface area (Å²) in [4.78, 5) is 0. The highest BCUT2D eigenvalue weighted by Crippen LogP contribution is 2.33. The molecular weight excluding hydrogens is 302 g/mol. The normalized spacial score (nSPS) is 26.6. The van der Waals surface area contributed by atoms with Crippen LogP contribution in [0.2, 0.25) is 0 Å². The second-order valence-electron chi connectivity index (χ2n) is 5.47. The van der Waals surface area contributed by atoms with Crippen molar-refractivity contribution in [3.05, 3.63) is 28.7 Å². The van der Waals surface area contributed by atoms with Gasteiger partial charge in [-0.3, -0.25) is 0 Å². The summed E-state index contributed by atoms with van der Waals surface area (Å²) in [6.45, 7) is 6.35. The largest absolute Gasteiger partial charge is 0.492 e. The van der Waals surface area contributed by atoms with Gasteiger partial charge in [-0.2, -0.15) is 0 Å². The number of hydrogen-bond donors (Lipinski definition) is 1. The van der Waals surface area contributed by atoms with E-state index in [0.717, 1.165) is 35.2 Å². The van der Waals surface area contributed by atoms with Crippen molar-refractivity contribution in [2.45, 2.75) is 39.2 Å². The molecule has 0 aliphatic heterocycles. The van der Waals surface area contributed by atoms with E-state index in [1.165, 1.54) is 19.3 Å². The molecule has 1 fully saturated rings. The molecule has 3 atom stereocenters. The van der Waals surface area contributed by atoms with Crippen molar-refractivity contribution in [2.75, 3.05) is 13.2 Å². The van der Waals surface area contributed by atoms with E-state index in [1.807, 2.05) is 24.3 Å². The zero-order chi connectivity index (χ0) is 13.7. The minimum atomic E-state index is 0.677. The van der Waals surface area contributed by atoms with E-state index in [2.05, 4.69) is 35.1 Å². The van der Waals surface area contributed by atoms with E-state index in [1.54, 1.807) is 0 Å². The topological polar surface area (TPSA) is 21.3 Å². The second-order valence-corrected chi connectivity index (χ2v) is 6.39. The zero-order valence-corrected chi connectivity index (χ0v) is 13.4. The molecule has 3 heteroatoms. The first-order chi connectivity index (χ1) is 9.20. The Bertz CT molecular complexity index is 396. The smallest absolute Gasteiger partial charge is 0.120 e. The molecule has 0 amide bonds. The monoisotopic (exact) mass is 325 g/mol. The van der Waals surface area contributed by atoms with Gasteiger partial charge in [-0.25, -0.2) is 0 Å². The van der Waals surface area contributed by atoms with Gasteiger partial charge in [0.2, 0.25) is 0 Å². The molecule has 0 heterocycles. The Labute approximate surface area is 125 Å². The van der Waals surface area contributed by atoms with Gasteiger partial charge in [0.15, 0.2) is 0 Å². The summed E-state index contributed by atoms with van der Waals surface area (Å²) in [5, 5.41) is 3.64. The number of nitrogens with one attached hydrogen (secondary N) is 1. The Morgan fingerprint density at radius 3 is 2.89 bits per heavy atom. The Balaban J connectivity index is 1.67. The van der Waals surface area contributed by atoms with Gasteiger partial charge < -0.3 is 10.1 Å². The van der Waals surface area contributed by atoms with Crippen molar-refractivity contribution < 1.29 is 4.74 Å². The zero-order valence-electron chi connectivity index (χ0n) is 11.9. The molecule has 0 bridgehead atoms. The second kappa shape index (κ2) is 7.30. The van der Waals surface area contributed by atoms with Crippen LogP contribution in [0.4, 0.5) is 0 Å². The van der Waals surface area contributed by atoms with Crippen molar-refractivity contribution in [3.63, 3.8) is 0 Å². The summed E-state index contributed by atoms with van der Waals surface area (Å²) in [5.41, 5.74) is 0. The lowest BCUT2D eigenvalue weighted by molar-refractivity contribution is 0.286. The molecule has 2 rings (SSSR count). The van der Waals surface area contributed by atoms with Gasteiger partial charge >= 0.3 is 0 Å². The highest BCUT2D eigenvalue weighted by Gasteiger charge is 2.30. The third-order valence-corrected chi connectivity index (χ3v) is 4.82. The Hall–Kier alpha value is -0.540. The summed E-state index contributed by atoms with van der Waals surface area (Å²) in [6, 6.07) is 8.69. The predicted molar refractivity (Wildman–Crippen MR) is 83.6 cm³/mol. The van der Waals surface area contributed by atoms with Crippen LogP contribution >= 0.6 is 15.9 Å². The lowest BCUT2D eigenvalue weighted by Gasteiger charge is -2.21. The molecule has 1 N–H and O–H groups in total. The predicted octanol–water partition coefficient (Wildman–Crippen LogP) is 4.24. The molecule has 1 aliphatic carbocycles. The molecule has 1 aliphatic rings. The van der Waals surface area contributed by atoms with Crippen LogP contribution in [0.5, 0.6) is 5.75 Å². The maximum absolute atomic E-state index is 5.74. The molecular formula is C16H24BrNO. The molecule has 0 saturated heterocycles. The van der Waals surface area contributed by atoms with Crippen LogP contribution in [0.15, 0.2) is 28.7 Å². The fraction of sp³-hybridized carbons (Fsp3) is 0.625. The molecule has 1 saturated carbocycles. The quantitative estimate of drug-likeness (QED) is 0.790. The number of rotatable bonds is 6. The van der Waals surface area contributed by atoms with E-state index >= 15 is 0 Å². The average molecular weight is 326 g/mol. The van der Waals surface area contributed by atoms with Crippen LogP contribution in [0.25, 0.3) is 0 Å². The maximum Gasteiger partial charge on any atom is 0.120 e. The van der Waals surface area contributed by atoms with Gasteiger partial charge in [0.25, 0.3) is 0 Å². The SMILES string of the molecule is CCC1CCC(NCCOc2cccc(Br)c2)C1C. The number of halogens is 1. The lowest BCUT2D eigenvalue weighted by atomic mass is 9.93. The highest BCUT2D eigenvalue weighted by atomic mass is 79.9. The van der Waals surface area contributed by atoms with Crippen molar-refractivity contribution in [3.8, 4) is 5.75 Å². The molecule has 1 aromatic rings. The number of hydrogen-bond acceptors (Lipinski definition) is 2. The first-order valence-electron chi connectivity index (χ1n) is 7.32. The highest BCUT2D eigenvalue weighted by molar-refractivity contribution is 9.10. The van der Waals surface area contributed by atoms with E-state index in [4.69, 9.17) is 4.74 Å². The van der Waals surface area contributed by atoms with Gasteiger partial charge in [-0.15, -0.1) is 0 Å². The van der Waals surface area contributed by atoms with E-state index < -0.39 is 0 Å².